The van der Waals surface area contributed by atoms with Crippen molar-refractivity contribution in [1.82, 2.24) is 20.5 Å². The predicted molar refractivity (Wildman–Crippen MR) is 130 cm³/mol. The summed E-state index contributed by atoms with van der Waals surface area (Å²) in [5.41, 5.74) is 1.99. The van der Waals surface area contributed by atoms with Gasteiger partial charge in [0.1, 0.15) is 0 Å². The number of aliphatic imine (C=N–C) groups is 1. The van der Waals surface area contributed by atoms with E-state index in [0.29, 0.717) is 43.1 Å². The summed E-state index contributed by atoms with van der Waals surface area (Å²) in [6.45, 7) is 7.95. The molecule has 2 aromatic rings. The van der Waals surface area contributed by atoms with Gasteiger partial charge in [-0.1, -0.05) is 24.3 Å². The molecule has 3 rings (SSSR count). The van der Waals surface area contributed by atoms with Gasteiger partial charge in [0.05, 0.1) is 11.6 Å². The van der Waals surface area contributed by atoms with E-state index >= 15 is 0 Å². The molecule has 0 amide bonds. The summed E-state index contributed by atoms with van der Waals surface area (Å²) < 4.78 is 38.0. The van der Waals surface area contributed by atoms with Crippen LogP contribution in [0.3, 0.4) is 0 Å². The Kier molecular flexibility index (Phi) is 10.0. The van der Waals surface area contributed by atoms with Crippen LogP contribution in [-0.4, -0.2) is 48.1 Å². The molecular weight excluding hydrogens is 538 g/mol. The summed E-state index contributed by atoms with van der Waals surface area (Å²) in [6, 6.07) is 8.85. The third kappa shape index (κ3) is 7.60. The number of alkyl halides is 3. The van der Waals surface area contributed by atoms with E-state index in [1.54, 1.807) is 0 Å². The third-order valence-corrected chi connectivity index (χ3v) is 6.02. The Morgan fingerprint density at radius 1 is 1.26 bits per heavy atom. The first-order valence-corrected chi connectivity index (χ1v) is 11.1. The molecule has 0 saturated heterocycles. The second kappa shape index (κ2) is 12.0. The molecule has 1 aromatic heterocycles. The van der Waals surface area contributed by atoms with E-state index in [-0.39, 0.29) is 24.0 Å². The molecule has 0 aliphatic carbocycles. The van der Waals surface area contributed by atoms with Gasteiger partial charge >= 0.3 is 6.18 Å². The van der Waals surface area contributed by atoms with Gasteiger partial charge in [-0.05, 0) is 31.4 Å². The number of benzene rings is 1. The molecule has 31 heavy (non-hydrogen) atoms. The average Bonchev–Trinajstić information content (AvgIpc) is 3.21. The van der Waals surface area contributed by atoms with Crippen molar-refractivity contribution in [2.24, 2.45) is 4.99 Å². The Hall–Kier alpha value is -1.40. The maximum Gasteiger partial charge on any atom is 0.434 e. The largest absolute Gasteiger partial charge is 0.434 e. The zero-order valence-corrected chi connectivity index (χ0v) is 20.9. The van der Waals surface area contributed by atoms with Crippen LogP contribution in [0.5, 0.6) is 0 Å². The van der Waals surface area contributed by atoms with Crippen LogP contribution in [0.15, 0.2) is 34.6 Å². The number of nitrogens with zero attached hydrogens (tertiary/aromatic N) is 3. The molecule has 0 spiro atoms. The summed E-state index contributed by atoms with van der Waals surface area (Å²) >= 11 is 1.03. The highest BCUT2D eigenvalue weighted by Gasteiger charge is 2.33. The second-order valence-corrected chi connectivity index (χ2v) is 8.30. The summed E-state index contributed by atoms with van der Waals surface area (Å²) in [6.07, 6.45) is -2.91. The van der Waals surface area contributed by atoms with Crippen LogP contribution in [0.4, 0.5) is 13.2 Å². The minimum atomic E-state index is -4.39. The monoisotopic (exact) mass is 567 g/mol. The molecule has 1 aliphatic rings. The lowest BCUT2D eigenvalue weighted by Crippen LogP contribution is -2.42. The summed E-state index contributed by atoms with van der Waals surface area (Å²) in [7, 11) is 0. The lowest BCUT2D eigenvalue weighted by molar-refractivity contribution is -0.140. The van der Waals surface area contributed by atoms with Crippen molar-refractivity contribution in [3.8, 4) is 0 Å². The fourth-order valence-corrected chi connectivity index (χ4v) is 4.22. The quantitative estimate of drug-likeness (QED) is 0.298. The highest BCUT2D eigenvalue weighted by Crippen LogP contribution is 2.30. The van der Waals surface area contributed by atoms with Gasteiger partial charge in [-0.25, -0.2) is 4.98 Å². The average molecular weight is 567 g/mol. The molecule has 172 valence electrons. The van der Waals surface area contributed by atoms with Crippen molar-refractivity contribution in [3.05, 3.63) is 51.5 Å². The summed E-state index contributed by atoms with van der Waals surface area (Å²) in [5, 5.41) is 7.92. The lowest BCUT2D eigenvalue weighted by atomic mass is 9.99. The molecule has 1 aromatic carbocycles. The van der Waals surface area contributed by atoms with Crippen LogP contribution in [0.1, 0.15) is 35.7 Å². The van der Waals surface area contributed by atoms with Gasteiger partial charge in [-0.15, -0.1) is 35.3 Å². The first-order valence-electron chi connectivity index (χ1n) is 10.2. The molecule has 2 N–H and O–H groups in total. The zero-order valence-electron chi connectivity index (χ0n) is 17.7. The third-order valence-electron chi connectivity index (χ3n) is 5.11. The van der Waals surface area contributed by atoms with E-state index in [2.05, 4.69) is 56.7 Å². The van der Waals surface area contributed by atoms with Gasteiger partial charge in [-0.2, -0.15) is 13.2 Å². The van der Waals surface area contributed by atoms with Crippen LogP contribution >= 0.6 is 35.3 Å². The van der Waals surface area contributed by atoms with Crippen LogP contribution in [0.2, 0.25) is 0 Å². The summed E-state index contributed by atoms with van der Waals surface area (Å²) in [4.78, 5) is 10.8. The van der Waals surface area contributed by atoms with Gasteiger partial charge in [0, 0.05) is 44.0 Å². The molecule has 1 unspecified atom stereocenters. The minimum Gasteiger partial charge on any atom is -0.357 e. The summed E-state index contributed by atoms with van der Waals surface area (Å²) in [5.74, 6) is 0.675. The number of hydrogen-bond donors (Lipinski definition) is 2. The molecule has 1 atom stereocenters. The number of thiazole rings is 1. The molecule has 10 heteroatoms. The van der Waals surface area contributed by atoms with Crippen molar-refractivity contribution in [2.75, 3.05) is 26.2 Å². The van der Waals surface area contributed by atoms with Crippen molar-refractivity contribution >= 4 is 41.3 Å². The lowest BCUT2D eigenvalue weighted by Gasteiger charge is -2.33. The maximum absolute atomic E-state index is 12.7. The number of aromatic nitrogens is 1. The number of guanidine groups is 1. The van der Waals surface area contributed by atoms with E-state index in [4.69, 9.17) is 0 Å². The number of halogens is 4. The van der Waals surface area contributed by atoms with Crippen molar-refractivity contribution in [2.45, 2.75) is 45.5 Å². The number of fused-ring (bicyclic) bond motifs is 1. The molecular formula is C21H29F3IN5S. The number of nitrogens with one attached hydrogen (secondary N) is 2. The molecule has 0 bridgehead atoms. The molecule has 2 heterocycles. The normalized spacial score (nSPS) is 15.7. The fraction of sp³-hybridized carbons (Fsp3) is 0.524. The molecule has 1 aliphatic heterocycles. The maximum atomic E-state index is 12.7. The Morgan fingerprint density at radius 2 is 2.00 bits per heavy atom. The van der Waals surface area contributed by atoms with Crippen LogP contribution in [0, 0.1) is 0 Å². The standard InChI is InChI=1S/C21H28F3N5S.HI/c1-3-25-20(26-10-8-19-28-18(14-30-19)21(22,23)24)27-12-15(2)29-11-9-16-6-4-5-7-17(16)13-29;/h4-7,14-15H,3,8-13H2,1-2H3,(H2,25,26,27);1H. The Balaban J connectivity index is 0.00000341. The number of hydrogen-bond acceptors (Lipinski definition) is 4. The van der Waals surface area contributed by atoms with E-state index in [0.717, 1.165) is 36.2 Å². The van der Waals surface area contributed by atoms with Gasteiger partial charge in [0.25, 0.3) is 0 Å². The first-order chi connectivity index (χ1) is 14.4. The van der Waals surface area contributed by atoms with Gasteiger partial charge < -0.3 is 10.6 Å². The topological polar surface area (TPSA) is 52.6 Å². The van der Waals surface area contributed by atoms with Crippen molar-refractivity contribution in [3.63, 3.8) is 0 Å². The van der Waals surface area contributed by atoms with Gasteiger partial charge in [0.15, 0.2) is 11.7 Å². The van der Waals surface area contributed by atoms with Crippen LogP contribution < -0.4 is 10.6 Å². The van der Waals surface area contributed by atoms with Crippen molar-refractivity contribution < 1.29 is 13.2 Å². The minimum absolute atomic E-state index is 0. The fourth-order valence-electron chi connectivity index (χ4n) is 3.42. The van der Waals surface area contributed by atoms with Gasteiger partial charge in [0.2, 0.25) is 0 Å². The zero-order chi connectivity index (χ0) is 21.6. The highest BCUT2D eigenvalue weighted by molar-refractivity contribution is 14.0. The van der Waals surface area contributed by atoms with E-state index < -0.39 is 11.9 Å². The molecule has 0 fully saturated rings. The van der Waals surface area contributed by atoms with E-state index in [1.165, 1.54) is 11.1 Å². The second-order valence-electron chi connectivity index (χ2n) is 7.36. The van der Waals surface area contributed by atoms with Crippen LogP contribution in [-0.2, 0) is 25.6 Å². The first kappa shape index (κ1) is 25.9. The molecule has 0 saturated carbocycles. The van der Waals surface area contributed by atoms with Gasteiger partial charge in [-0.3, -0.25) is 9.89 Å². The predicted octanol–water partition coefficient (Wildman–Crippen LogP) is 4.32. The molecule has 5 nitrogen and oxygen atoms in total. The SMILES string of the molecule is CCNC(=NCC(C)N1CCc2ccccc2C1)NCCc1nc(C(F)(F)F)cs1.I. The Bertz CT molecular complexity index is 856. The number of rotatable bonds is 7. The Morgan fingerprint density at radius 3 is 2.68 bits per heavy atom. The Labute approximate surface area is 202 Å². The van der Waals surface area contributed by atoms with Crippen LogP contribution in [0.25, 0.3) is 0 Å². The molecule has 0 radical (unpaired) electrons. The highest BCUT2D eigenvalue weighted by atomic mass is 127. The smallest absolute Gasteiger partial charge is 0.357 e. The van der Waals surface area contributed by atoms with Crippen molar-refractivity contribution in [1.29, 1.82) is 0 Å². The van der Waals surface area contributed by atoms with E-state index in [1.807, 2.05) is 6.92 Å². The van der Waals surface area contributed by atoms with E-state index in [9.17, 15) is 13.2 Å².